The molecule has 146 valence electrons. The average Bonchev–Trinajstić information content (AvgIpc) is 2.74. The van der Waals surface area contributed by atoms with Crippen LogP contribution in [-0.4, -0.2) is 16.6 Å². The van der Waals surface area contributed by atoms with Crippen molar-refractivity contribution in [2.24, 2.45) is 5.92 Å². The highest BCUT2D eigenvalue weighted by molar-refractivity contribution is 8.00. The molecule has 1 heterocycles. The maximum Gasteiger partial charge on any atom is 0.241 e. The van der Waals surface area contributed by atoms with Crippen molar-refractivity contribution in [3.63, 3.8) is 0 Å². The lowest BCUT2D eigenvalue weighted by Crippen LogP contribution is -2.27. The van der Waals surface area contributed by atoms with Gasteiger partial charge in [-0.1, -0.05) is 62.0 Å². The lowest BCUT2D eigenvalue weighted by molar-refractivity contribution is -0.115. The molecule has 0 unspecified atom stereocenters. The van der Waals surface area contributed by atoms with E-state index < -0.39 is 0 Å². The normalized spacial score (nSPS) is 10.6. The van der Waals surface area contributed by atoms with Crippen LogP contribution in [0.15, 0.2) is 77.8 Å². The molecule has 3 aromatic rings. The van der Waals surface area contributed by atoms with E-state index in [4.69, 9.17) is 0 Å². The molecule has 0 saturated heterocycles. The summed E-state index contributed by atoms with van der Waals surface area (Å²) in [6.45, 7) is 4.27. The Balaban J connectivity index is 1.83. The topological polar surface area (TPSA) is 57.0 Å². The first-order valence-corrected chi connectivity index (χ1v) is 10.5. The molecule has 1 aromatic heterocycles. The number of benzene rings is 2. The zero-order valence-electron chi connectivity index (χ0n) is 16.6. The Labute approximate surface area is 176 Å². The Kier molecular flexibility index (Phi) is 7.04. The molecule has 0 radical (unpaired) electrons. The Morgan fingerprint density at radius 2 is 1.59 bits per heavy atom. The zero-order valence-corrected chi connectivity index (χ0v) is 17.4. The highest BCUT2D eigenvalue weighted by Gasteiger charge is 2.19. The van der Waals surface area contributed by atoms with Gasteiger partial charge in [0.05, 0.1) is 11.3 Å². The third kappa shape index (κ3) is 5.46. The highest BCUT2D eigenvalue weighted by atomic mass is 32.2. The summed E-state index contributed by atoms with van der Waals surface area (Å²) in [7, 11) is 0. The van der Waals surface area contributed by atoms with Crippen LogP contribution in [0, 0.1) is 17.2 Å². The molecule has 0 aliphatic heterocycles. The lowest BCUT2D eigenvalue weighted by Gasteiger charge is -2.23. The van der Waals surface area contributed by atoms with Gasteiger partial charge in [0.1, 0.15) is 11.1 Å². The number of carbonyl (C=O) groups is 1. The number of hydrogen-bond acceptors (Lipinski definition) is 4. The largest absolute Gasteiger partial charge is 0.280 e. The van der Waals surface area contributed by atoms with Crippen molar-refractivity contribution in [1.82, 2.24) is 4.98 Å². The molecule has 1 amide bonds. The molecule has 0 spiro atoms. The number of nitriles is 1. The molecule has 2 aromatic carbocycles. The molecule has 0 N–H and O–H groups in total. The van der Waals surface area contributed by atoms with Crippen LogP contribution in [0.2, 0.25) is 0 Å². The number of rotatable bonds is 7. The molecule has 0 bridgehead atoms. The van der Waals surface area contributed by atoms with Crippen molar-refractivity contribution < 1.29 is 4.79 Å². The summed E-state index contributed by atoms with van der Waals surface area (Å²) in [6.07, 6.45) is 0.841. The van der Waals surface area contributed by atoms with Crippen molar-refractivity contribution >= 4 is 29.0 Å². The first kappa shape index (κ1) is 20.6. The predicted octanol–water partition coefficient (Wildman–Crippen LogP) is 5.61. The summed E-state index contributed by atoms with van der Waals surface area (Å²) < 4.78 is 0. The summed E-state index contributed by atoms with van der Waals surface area (Å²) in [5, 5.41) is 10.0. The fraction of sp³-hybridized carbons (Fsp3) is 0.208. The highest BCUT2D eigenvalue weighted by Crippen LogP contribution is 2.28. The third-order valence-corrected chi connectivity index (χ3v) is 5.24. The van der Waals surface area contributed by atoms with E-state index in [2.05, 4.69) is 24.9 Å². The van der Waals surface area contributed by atoms with E-state index in [-0.39, 0.29) is 11.7 Å². The van der Waals surface area contributed by atoms with Crippen LogP contribution in [-0.2, 0) is 11.2 Å². The summed E-state index contributed by atoms with van der Waals surface area (Å²) in [4.78, 5) is 19.5. The van der Waals surface area contributed by atoms with E-state index in [9.17, 15) is 10.1 Å². The number of hydrogen-bond donors (Lipinski definition) is 0. The maximum atomic E-state index is 13.2. The smallest absolute Gasteiger partial charge is 0.241 e. The quantitative estimate of drug-likeness (QED) is 0.483. The number of pyridine rings is 1. The van der Waals surface area contributed by atoms with Crippen LogP contribution in [0.25, 0.3) is 0 Å². The molecule has 0 fully saturated rings. The van der Waals surface area contributed by atoms with Gasteiger partial charge in [-0.2, -0.15) is 5.26 Å². The molecule has 29 heavy (non-hydrogen) atoms. The second-order valence-electron chi connectivity index (χ2n) is 7.05. The van der Waals surface area contributed by atoms with Gasteiger partial charge in [0.15, 0.2) is 0 Å². The van der Waals surface area contributed by atoms with Gasteiger partial charge in [0, 0.05) is 17.1 Å². The first-order chi connectivity index (χ1) is 14.1. The van der Waals surface area contributed by atoms with Crippen LogP contribution >= 0.6 is 11.8 Å². The van der Waals surface area contributed by atoms with Crippen LogP contribution in [0.5, 0.6) is 0 Å². The van der Waals surface area contributed by atoms with Gasteiger partial charge in [0.25, 0.3) is 0 Å². The number of carbonyl (C=O) groups excluding carboxylic acids is 1. The van der Waals surface area contributed by atoms with Gasteiger partial charge in [-0.05, 0) is 48.7 Å². The summed E-state index contributed by atoms with van der Waals surface area (Å²) in [6, 6.07) is 25.0. The lowest BCUT2D eigenvalue weighted by atomic mass is 10.1. The van der Waals surface area contributed by atoms with Crippen molar-refractivity contribution in [2.75, 3.05) is 10.7 Å². The van der Waals surface area contributed by atoms with Crippen LogP contribution in [0.3, 0.4) is 0 Å². The van der Waals surface area contributed by atoms with Crippen molar-refractivity contribution in [1.29, 1.82) is 5.26 Å². The van der Waals surface area contributed by atoms with Crippen LogP contribution in [0.4, 0.5) is 11.4 Å². The van der Waals surface area contributed by atoms with E-state index in [1.54, 1.807) is 11.0 Å². The Morgan fingerprint density at radius 3 is 2.10 bits per heavy atom. The minimum atomic E-state index is -0.0626. The third-order valence-electron chi connectivity index (χ3n) is 4.27. The van der Waals surface area contributed by atoms with E-state index in [1.165, 1.54) is 11.8 Å². The summed E-state index contributed by atoms with van der Waals surface area (Å²) in [5.41, 5.74) is 3.07. The average molecular weight is 402 g/mol. The molecule has 5 heteroatoms. The number of aromatic nitrogens is 1. The van der Waals surface area contributed by atoms with Gasteiger partial charge < -0.3 is 0 Å². The standard InChI is InChI=1S/C24H23N3OS/c1-18(2)15-20-14-13-19(16-25)24(26-20)29-17-23(28)27(21-9-5-3-6-10-21)22-11-7-4-8-12-22/h3-14,18H,15,17H2,1-2H3. The van der Waals surface area contributed by atoms with Crippen molar-refractivity contribution in [3.8, 4) is 6.07 Å². The number of thioether (sulfide) groups is 1. The summed E-state index contributed by atoms with van der Waals surface area (Å²) >= 11 is 1.31. The van der Waals surface area contributed by atoms with Gasteiger partial charge in [0.2, 0.25) is 5.91 Å². The molecule has 0 saturated carbocycles. The van der Waals surface area contributed by atoms with E-state index >= 15 is 0 Å². The number of para-hydroxylation sites is 2. The minimum absolute atomic E-state index is 0.0626. The van der Waals surface area contributed by atoms with Gasteiger partial charge >= 0.3 is 0 Å². The molecule has 3 rings (SSSR count). The van der Waals surface area contributed by atoms with Gasteiger partial charge in [-0.25, -0.2) is 4.98 Å². The Bertz CT molecular complexity index is 958. The van der Waals surface area contributed by atoms with Crippen LogP contribution < -0.4 is 4.90 Å². The Hall–Kier alpha value is -3.10. The number of anilines is 2. The molecule has 0 aliphatic carbocycles. The minimum Gasteiger partial charge on any atom is -0.280 e. The van der Waals surface area contributed by atoms with Crippen molar-refractivity contribution in [3.05, 3.63) is 84.1 Å². The fourth-order valence-electron chi connectivity index (χ4n) is 2.99. The van der Waals surface area contributed by atoms with Gasteiger partial charge in [-0.15, -0.1) is 0 Å². The predicted molar refractivity (Wildman–Crippen MR) is 118 cm³/mol. The SMILES string of the molecule is CC(C)Cc1ccc(C#N)c(SCC(=O)N(c2ccccc2)c2ccccc2)n1. The second-order valence-corrected chi connectivity index (χ2v) is 8.02. The van der Waals surface area contributed by atoms with E-state index in [0.717, 1.165) is 23.5 Å². The van der Waals surface area contributed by atoms with E-state index in [0.29, 0.717) is 16.5 Å². The fourth-order valence-corrected chi connectivity index (χ4v) is 3.83. The molecule has 0 atom stereocenters. The molecule has 0 aliphatic rings. The van der Waals surface area contributed by atoms with E-state index in [1.807, 2.05) is 66.7 Å². The molecular weight excluding hydrogens is 378 g/mol. The van der Waals surface area contributed by atoms with Crippen LogP contribution in [0.1, 0.15) is 25.1 Å². The number of nitrogens with zero attached hydrogens (tertiary/aromatic N) is 3. The number of amides is 1. The zero-order chi connectivity index (χ0) is 20.6. The van der Waals surface area contributed by atoms with Crippen molar-refractivity contribution in [2.45, 2.75) is 25.3 Å². The monoisotopic (exact) mass is 401 g/mol. The molecular formula is C24H23N3OS. The van der Waals surface area contributed by atoms with Gasteiger partial charge in [-0.3, -0.25) is 9.69 Å². The summed E-state index contributed by atoms with van der Waals surface area (Å²) in [5.74, 6) is 0.602. The molecule has 4 nitrogen and oxygen atoms in total. The second kappa shape index (κ2) is 9.90. The maximum absolute atomic E-state index is 13.2. The first-order valence-electron chi connectivity index (χ1n) is 9.54. The Morgan fingerprint density at radius 1 is 1.00 bits per heavy atom.